The fourth-order valence-electron chi connectivity index (χ4n) is 6.43. The van der Waals surface area contributed by atoms with Gasteiger partial charge in [-0.3, -0.25) is 0 Å². The maximum Gasteiger partial charge on any atom is 0.0714 e. The average molecular weight is 475 g/mol. The lowest BCUT2D eigenvalue weighted by Crippen LogP contribution is -2.39. The van der Waals surface area contributed by atoms with Crippen molar-refractivity contribution >= 4 is 19.7 Å². The Labute approximate surface area is 213 Å². The van der Waals surface area contributed by atoms with Crippen LogP contribution in [0.15, 0.2) is 96.1 Å². The SMILES string of the molecule is CC1=CC(c2ccccc2)=CC1[Si](C)(C)C1C(C)=Cc2c(-c3ccc(C(C)(C)C)cc3)cccc21. The Balaban J connectivity index is 1.52. The van der Waals surface area contributed by atoms with Crippen molar-refractivity contribution in [3.63, 3.8) is 0 Å². The van der Waals surface area contributed by atoms with Gasteiger partial charge in [-0.1, -0.05) is 136 Å². The number of allylic oxidation sites excluding steroid dienone is 5. The van der Waals surface area contributed by atoms with Crippen molar-refractivity contribution in [2.45, 2.75) is 64.2 Å². The lowest BCUT2D eigenvalue weighted by molar-refractivity contribution is 0.590. The first-order valence-electron chi connectivity index (χ1n) is 12.9. The van der Waals surface area contributed by atoms with Crippen molar-refractivity contribution in [2.75, 3.05) is 0 Å². The smallest absolute Gasteiger partial charge is 0.0714 e. The van der Waals surface area contributed by atoms with Crippen LogP contribution in [0.5, 0.6) is 0 Å². The molecule has 3 aromatic rings. The number of rotatable bonds is 4. The van der Waals surface area contributed by atoms with E-state index >= 15 is 0 Å². The third-order valence-corrected chi connectivity index (χ3v) is 12.7. The summed E-state index contributed by atoms with van der Waals surface area (Å²) in [4.78, 5) is 0. The molecule has 1 heteroatoms. The summed E-state index contributed by atoms with van der Waals surface area (Å²) in [7, 11) is -1.76. The Morgan fingerprint density at radius 3 is 2.03 bits per heavy atom. The van der Waals surface area contributed by atoms with Crippen LogP contribution in [0.1, 0.15) is 62.4 Å². The first-order valence-corrected chi connectivity index (χ1v) is 16.1. The molecule has 0 saturated heterocycles. The van der Waals surface area contributed by atoms with Gasteiger partial charge in [0.05, 0.1) is 8.07 Å². The Bertz CT molecular complexity index is 1340. The van der Waals surface area contributed by atoms with Crippen molar-refractivity contribution < 1.29 is 0 Å². The number of hydrogen-bond acceptors (Lipinski definition) is 0. The predicted molar refractivity (Wildman–Crippen MR) is 156 cm³/mol. The van der Waals surface area contributed by atoms with Crippen molar-refractivity contribution in [1.82, 2.24) is 0 Å². The maximum absolute atomic E-state index is 2.60. The van der Waals surface area contributed by atoms with Crippen LogP contribution in [0.25, 0.3) is 22.8 Å². The number of fused-ring (bicyclic) bond motifs is 1. The molecule has 0 amide bonds. The number of benzene rings is 3. The second-order valence-electron chi connectivity index (χ2n) is 12.1. The third kappa shape index (κ3) is 4.21. The highest BCUT2D eigenvalue weighted by atomic mass is 28.3. The van der Waals surface area contributed by atoms with E-state index in [4.69, 9.17) is 0 Å². The minimum absolute atomic E-state index is 0.174. The monoisotopic (exact) mass is 474 g/mol. The van der Waals surface area contributed by atoms with E-state index in [1.807, 2.05) is 0 Å². The van der Waals surface area contributed by atoms with Crippen LogP contribution in [0.2, 0.25) is 18.6 Å². The van der Waals surface area contributed by atoms with Crippen LogP contribution < -0.4 is 0 Å². The zero-order valence-corrected chi connectivity index (χ0v) is 23.3. The van der Waals surface area contributed by atoms with Crippen molar-refractivity contribution in [1.29, 1.82) is 0 Å². The summed E-state index contributed by atoms with van der Waals surface area (Å²) in [6, 6.07) is 27.1. The molecule has 5 rings (SSSR count). The van der Waals surface area contributed by atoms with E-state index in [9.17, 15) is 0 Å². The summed E-state index contributed by atoms with van der Waals surface area (Å²) in [5, 5.41) is 0. The molecule has 0 heterocycles. The molecular formula is C34H38Si. The van der Waals surface area contributed by atoms with E-state index in [-0.39, 0.29) is 5.41 Å². The molecule has 0 saturated carbocycles. The van der Waals surface area contributed by atoms with Crippen molar-refractivity contribution in [3.05, 3.63) is 118 Å². The first kappa shape index (κ1) is 23.8. The molecule has 2 unspecified atom stereocenters. The Hall–Kier alpha value is -2.90. The van der Waals surface area contributed by atoms with Crippen molar-refractivity contribution in [2.24, 2.45) is 0 Å². The highest BCUT2D eigenvalue weighted by Crippen LogP contribution is 2.52. The molecule has 2 atom stereocenters. The largest absolute Gasteiger partial charge is 0.0722 e. The quantitative estimate of drug-likeness (QED) is 0.330. The van der Waals surface area contributed by atoms with Gasteiger partial charge in [0.25, 0.3) is 0 Å². The Kier molecular flexibility index (Phi) is 5.88. The molecule has 0 bridgehead atoms. The molecule has 3 aromatic carbocycles. The van der Waals surface area contributed by atoms with E-state index in [1.54, 1.807) is 0 Å². The highest BCUT2D eigenvalue weighted by molar-refractivity contribution is 6.82. The van der Waals surface area contributed by atoms with Gasteiger partial charge in [-0.15, -0.1) is 0 Å². The van der Waals surface area contributed by atoms with Gasteiger partial charge in [-0.05, 0) is 63.8 Å². The molecule has 0 nitrogen and oxygen atoms in total. The summed E-state index contributed by atoms with van der Waals surface area (Å²) in [5.41, 5.74) is 14.1. The Morgan fingerprint density at radius 2 is 1.37 bits per heavy atom. The molecule has 0 spiro atoms. The van der Waals surface area contributed by atoms with E-state index < -0.39 is 8.07 Å². The normalized spacial score (nSPS) is 19.8. The molecule has 0 radical (unpaired) electrons. The van der Waals surface area contributed by atoms with Gasteiger partial charge in [-0.25, -0.2) is 0 Å². The summed E-state index contributed by atoms with van der Waals surface area (Å²) in [6.45, 7) is 16.7. The first-order chi connectivity index (χ1) is 16.6. The van der Waals surface area contributed by atoms with Gasteiger partial charge >= 0.3 is 0 Å². The highest BCUT2D eigenvalue weighted by Gasteiger charge is 2.44. The molecule has 35 heavy (non-hydrogen) atoms. The summed E-state index contributed by atoms with van der Waals surface area (Å²) in [6.07, 6.45) is 7.48. The van der Waals surface area contributed by atoms with Gasteiger partial charge < -0.3 is 0 Å². The average Bonchev–Trinajstić information content (AvgIpc) is 3.39. The molecule has 0 aliphatic heterocycles. The topological polar surface area (TPSA) is 0 Å². The standard InChI is InChI=1S/C34H38Si/c1-23-20-27(25-12-9-8-10-13-25)22-32(23)35(6,7)33-24(2)21-31-29(14-11-15-30(31)33)26-16-18-28(19-17-26)34(3,4)5/h8-22,32-33H,1-7H3. The minimum atomic E-state index is -1.76. The zero-order valence-electron chi connectivity index (χ0n) is 22.3. The van der Waals surface area contributed by atoms with E-state index in [0.717, 1.165) is 0 Å². The third-order valence-electron chi connectivity index (χ3n) is 8.21. The van der Waals surface area contributed by atoms with Gasteiger partial charge in [0.2, 0.25) is 0 Å². The second-order valence-corrected chi connectivity index (χ2v) is 17.0. The molecular weight excluding hydrogens is 436 g/mol. The van der Waals surface area contributed by atoms with Gasteiger partial charge in [0, 0.05) is 5.54 Å². The molecule has 0 fully saturated rings. The lowest BCUT2D eigenvalue weighted by atomic mass is 9.86. The van der Waals surface area contributed by atoms with Gasteiger partial charge in [-0.2, -0.15) is 0 Å². The van der Waals surface area contributed by atoms with E-state index in [1.165, 1.54) is 50.1 Å². The van der Waals surface area contributed by atoms with E-state index in [2.05, 4.69) is 139 Å². The van der Waals surface area contributed by atoms with Crippen LogP contribution in [0, 0.1) is 0 Å². The van der Waals surface area contributed by atoms with Crippen LogP contribution in [0.4, 0.5) is 0 Å². The molecule has 178 valence electrons. The Morgan fingerprint density at radius 1 is 0.686 bits per heavy atom. The fraction of sp³-hybridized carbons (Fsp3) is 0.294. The summed E-state index contributed by atoms with van der Waals surface area (Å²) in [5.74, 6) is 0. The van der Waals surface area contributed by atoms with Crippen LogP contribution in [0.3, 0.4) is 0 Å². The molecule has 2 aliphatic rings. The van der Waals surface area contributed by atoms with Gasteiger partial charge in [0.1, 0.15) is 0 Å². The van der Waals surface area contributed by atoms with Gasteiger partial charge in [0.15, 0.2) is 0 Å². The predicted octanol–water partition coefficient (Wildman–Crippen LogP) is 9.81. The second kappa shape index (κ2) is 8.64. The van der Waals surface area contributed by atoms with Crippen molar-refractivity contribution in [3.8, 4) is 11.1 Å². The summed E-state index contributed by atoms with van der Waals surface area (Å²) >= 11 is 0. The van der Waals surface area contributed by atoms with E-state index in [0.29, 0.717) is 11.1 Å². The van der Waals surface area contributed by atoms with Crippen LogP contribution in [-0.4, -0.2) is 8.07 Å². The maximum atomic E-state index is 2.60. The van der Waals surface area contributed by atoms with Crippen LogP contribution in [-0.2, 0) is 5.41 Å². The summed E-state index contributed by atoms with van der Waals surface area (Å²) < 4.78 is 0. The minimum Gasteiger partial charge on any atom is -0.0722 e. The van der Waals surface area contributed by atoms with Crippen LogP contribution >= 0.6 is 0 Å². The zero-order chi connectivity index (χ0) is 25.0. The molecule has 0 aromatic heterocycles. The fourth-order valence-corrected chi connectivity index (χ4v) is 11.0. The lowest BCUT2D eigenvalue weighted by Gasteiger charge is -2.37. The molecule has 2 aliphatic carbocycles. The number of hydrogen-bond donors (Lipinski definition) is 0. The molecule has 0 N–H and O–H groups in total.